The number of piperidine rings is 1. The summed E-state index contributed by atoms with van der Waals surface area (Å²) in [6.45, 7) is 6.46. The van der Waals surface area contributed by atoms with E-state index in [1.165, 1.54) is 4.90 Å². The summed E-state index contributed by atoms with van der Waals surface area (Å²) in [5, 5.41) is 0. The maximum atomic E-state index is 11.9. The summed E-state index contributed by atoms with van der Waals surface area (Å²) < 4.78 is 35.8. The van der Waals surface area contributed by atoms with Gasteiger partial charge in [-0.05, 0) is 25.3 Å². The minimum absolute atomic E-state index is 0.418. The zero-order valence-electron chi connectivity index (χ0n) is 9.19. The predicted molar refractivity (Wildman–Crippen MR) is 52.2 cm³/mol. The van der Waals surface area contributed by atoms with Crippen molar-refractivity contribution in [1.82, 2.24) is 4.90 Å². The van der Waals surface area contributed by atoms with Gasteiger partial charge in [-0.2, -0.15) is 13.2 Å². The second-order valence-corrected chi connectivity index (χ2v) is 3.60. The maximum absolute atomic E-state index is 11.9. The molecule has 1 unspecified atom stereocenters. The summed E-state index contributed by atoms with van der Waals surface area (Å²) in [6.07, 6.45) is -2.07. The quantitative estimate of drug-likeness (QED) is 0.643. The summed E-state index contributed by atoms with van der Waals surface area (Å²) in [4.78, 5) is 1.49. The summed E-state index contributed by atoms with van der Waals surface area (Å²) in [5.74, 6) is 0.418. The van der Waals surface area contributed by atoms with Crippen LogP contribution in [0.15, 0.2) is 0 Å². The average Bonchev–Trinajstić information content (AvgIpc) is 2.04. The first-order chi connectivity index (χ1) is 6.47. The third kappa shape index (κ3) is 6.24. The van der Waals surface area contributed by atoms with Crippen LogP contribution in [0.25, 0.3) is 0 Å². The fourth-order valence-electron chi connectivity index (χ4n) is 1.68. The standard InChI is InChI=1S/C8H14F3N.C2H6/c1-7-3-2-4-12(5-7)6-8(9,10)11;1-2/h7H,2-6H2,1H3;1-2H3. The molecule has 1 atom stereocenters. The van der Waals surface area contributed by atoms with E-state index in [1.54, 1.807) is 0 Å². The van der Waals surface area contributed by atoms with Crippen molar-refractivity contribution >= 4 is 0 Å². The highest BCUT2D eigenvalue weighted by molar-refractivity contribution is 4.71. The number of nitrogens with zero attached hydrogens (tertiary/aromatic N) is 1. The normalized spacial score (nSPS) is 24.0. The Bertz CT molecular complexity index is 145. The van der Waals surface area contributed by atoms with Crippen LogP contribution >= 0.6 is 0 Å². The van der Waals surface area contributed by atoms with Crippen molar-refractivity contribution in [2.75, 3.05) is 19.6 Å². The maximum Gasteiger partial charge on any atom is 0.401 e. The zero-order chi connectivity index (χ0) is 11.2. The van der Waals surface area contributed by atoms with Crippen LogP contribution in [0.2, 0.25) is 0 Å². The number of hydrogen-bond donors (Lipinski definition) is 0. The first-order valence-corrected chi connectivity index (χ1v) is 5.26. The molecule has 1 aliphatic heterocycles. The molecular weight excluding hydrogens is 191 g/mol. The monoisotopic (exact) mass is 211 g/mol. The summed E-state index contributed by atoms with van der Waals surface area (Å²) in [7, 11) is 0. The second-order valence-electron chi connectivity index (χ2n) is 3.60. The molecule has 0 aromatic rings. The fourth-order valence-corrected chi connectivity index (χ4v) is 1.68. The number of alkyl halides is 3. The highest BCUT2D eigenvalue weighted by atomic mass is 19.4. The second kappa shape index (κ2) is 6.27. The van der Waals surface area contributed by atoms with Crippen LogP contribution in [0.5, 0.6) is 0 Å². The van der Waals surface area contributed by atoms with Crippen LogP contribution in [-0.2, 0) is 0 Å². The van der Waals surface area contributed by atoms with E-state index in [0.717, 1.165) is 12.8 Å². The van der Waals surface area contributed by atoms with E-state index in [2.05, 4.69) is 0 Å². The first kappa shape index (κ1) is 13.8. The molecule has 86 valence electrons. The molecule has 1 rings (SSSR count). The summed E-state index contributed by atoms with van der Waals surface area (Å²) in [6, 6.07) is 0. The number of rotatable bonds is 1. The van der Waals surface area contributed by atoms with Crippen LogP contribution in [0, 0.1) is 5.92 Å². The molecule has 14 heavy (non-hydrogen) atoms. The van der Waals surface area contributed by atoms with E-state index in [-0.39, 0.29) is 0 Å². The lowest BCUT2D eigenvalue weighted by Gasteiger charge is -2.31. The van der Waals surface area contributed by atoms with Crippen LogP contribution in [0.1, 0.15) is 33.6 Å². The molecule has 0 aliphatic carbocycles. The van der Waals surface area contributed by atoms with Crippen LogP contribution < -0.4 is 0 Å². The fraction of sp³-hybridized carbons (Fsp3) is 1.00. The minimum atomic E-state index is -4.03. The molecule has 1 aliphatic rings. The number of likely N-dealkylation sites (tertiary alicyclic amines) is 1. The van der Waals surface area contributed by atoms with E-state index < -0.39 is 12.7 Å². The molecule has 0 N–H and O–H groups in total. The van der Waals surface area contributed by atoms with Gasteiger partial charge in [-0.25, -0.2) is 0 Å². The molecule has 1 fully saturated rings. The Morgan fingerprint density at radius 3 is 2.29 bits per heavy atom. The van der Waals surface area contributed by atoms with E-state index in [4.69, 9.17) is 0 Å². The molecule has 0 amide bonds. The van der Waals surface area contributed by atoms with Gasteiger partial charge in [0.05, 0.1) is 6.54 Å². The van der Waals surface area contributed by atoms with Gasteiger partial charge < -0.3 is 0 Å². The smallest absolute Gasteiger partial charge is 0.295 e. The Hall–Kier alpha value is -0.250. The summed E-state index contributed by atoms with van der Waals surface area (Å²) >= 11 is 0. The SMILES string of the molecule is CC.CC1CCCN(CC(F)(F)F)C1. The third-order valence-electron chi connectivity index (χ3n) is 2.14. The minimum Gasteiger partial charge on any atom is -0.295 e. The lowest BCUT2D eigenvalue weighted by atomic mass is 10.0. The highest BCUT2D eigenvalue weighted by Crippen LogP contribution is 2.21. The van der Waals surface area contributed by atoms with E-state index in [9.17, 15) is 13.2 Å². The highest BCUT2D eigenvalue weighted by Gasteiger charge is 2.32. The zero-order valence-corrected chi connectivity index (χ0v) is 9.19. The van der Waals surface area contributed by atoms with Crippen molar-refractivity contribution in [1.29, 1.82) is 0 Å². The van der Waals surface area contributed by atoms with Crippen LogP contribution in [-0.4, -0.2) is 30.7 Å². The van der Waals surface area contributed by atoms with Gasteiger partial charge in [0.2, 0.25) is 0 Å². The van der Waals surface area contributed by atoms with Crippen molar-refractivity contribution in [2.24, 2.45) is 5.92 Å². The van der Waals surface area contributed by atoms with Crippen molar-refractivity contribution in [3.05, 3.63) is 0 Å². The third-order valence-corrected chi connectivity index (χ3v) is 2.14. The molecule has 0 aromatic carbocycles. The lowest BCUT2D eigenvalue weighted by molar-refractivity contribution is -0.149. The van der Waals surface area contributed by atoms with Crippen molar-refractivity contribution in [3.63, 3.8) is 0 Å². The Kier molecular flexibility index (Phi) is 6.16. The largest absolute Gasteiger partial charge is 0.401 e. The number of halogens is 3. The molecule has 1 heterocycles. The lowest BCUT2D eigenvalue weighted by Crippen LogP contribution is -2.40. The molecule has 0 spiro atoms. The van der Waals surface area contributed by atoms with Crippen LogP contribution in [0.4, 0.5) is 13.2 Å². The molecule has 0 aromatic heterocycles. The first-order valence-electron chi connectivity index (χ1n) is 5.26. The Morgan fingerprint density at radius 2 is 1.86 bits per heavy atom. The van der Waals surface area contributed by atoms with Gasteiger partial charge in [0, 0.05) is 6.54 Å². The Labute approximate surface area is 84.3 Å². The van der Waals surface area contributed by atoms with E-state index >= 15 is 0 Å². The van der Waals surface area contributed by atoms with Crippen molar-refractivity contribution in [3.8, 4) is 0 Å². The molecule has 0 radical (unpaired) electrons. The van der Waals surface area contributed by atoms with Gasteiger partial charge in [0.25, 0.3) is 0 Å². The van der Waals surface area contributed by atoms with Gasteiger partial charge in [-0.3, -0.25) is 4.90 Å². The molecule has 0 bridgehead atoms. The van der Waals surface area contributed by atoms with Gasteiger partial charge in [-0.15, -0.1) is 0 Å². The van der Waals surface area contributed by atoms with Gasteiger partial charge in [-0.1, -0.05) is 20.8 Å². The summed E-state index contributed by atoms with van der Waals surface area (Å²) in [5.41, 5.74) is 0. The predicted octanol–water partition coefficient (Wildman–Crippen LogP) is 3.31. The average molecular weight is 211 g/mol. The van der Waals surface area contributed by atoms with Crippen LogP contribution in [0.3, 0.4) is 0 Å². The molecule has 0 saturated carbocycles. The Morgan fingerprint density at radius 1 is 1.29 bits per heavy atom. The number of hydrogen-bond acceptors (Lipinski definition) is 1. The molecule has 1 nitrogen and oxygen atoms in total. The van der Waals surface area contributed by atoms with Crippen molar-refractivity contribution < 1.29 is 13.2 Å². The topological polar surface area (TPSA) is 3.24 Å². The van der Waals surface area contributed by atoms with Gasteiger partial charge in [0.15, 0.2) is 0 Å². The Balaban J connectivity index is 0.000000791. The van der Waals surface area contributed by atoms with Gasteiger partial charge in [0.1, 0.15) is 0 Å². The van der Waals surface area contributed by atoms with E-state index in [1.807, 2.05) is 20.8 Å². The van der Waals surface area contributed by atoms with E-state index in [0.29, 0.717) is 19.0 Å². The molecular formula is C10H20F3N. The molecule has 4 heteroatoms. The molecule has 1 saturated heterocycles. The van der Waals surface area contributed by atoms with Gasteiger partial charge >= 0.3 is 6.18 Å². The van der Waals surface area contributed by atoms with Crippen molar-refractivity contribution in [2.45, 2.75) is 39.8 Å².